The van der Waals surface area contributed by atoms with E-state index in [4.69, 9.17) is 4.74 Å². The molecular weight excluding hydrogens is 412 g/mol. The summed E-state index contributed by atoms with van der Waals surface area (Å²) in [6, 6.07) is 9.25. The first kappa shape index (κ1) is 20.8. The molecule has 0 radical (unpaired) electrons. The van der Waals surface area contributed by atoms with Crippen LogP contribution in [-0.2, 0) is 14.3 Å². The van der Waals surface area contributed by atoms with Crippen LogP contribution in [0.4, 0.5) is 17.3 Å². The average Bonchev–Trinajstić information content (AvgIpc) is 2.60. The number of carbonyl (C=O) groups excluding carboxylic acids is 2. The normalized spacial score (nSPS) is 11.5. The predicted molar refractivity (Wildman–Crippen MR) is 108 cm³/mol. The monoisotopic (exact) mass is 434 g/mol. The molecule has 2 N–H and O–H groups in total. The molecule has 2 aromatic rings. The van der Waals surface area contributed by atoms with E-state index in [9.17, 15) is 9.59 Å². The number of nitrogens with zero attached hydrogens (tertiary/aromatic N) is 2. The van der Waals surface area contributed by atoms with Crippen LogP contribution in [0.1, 0.15) is 39.5 Å². The summed E-state index contributed by atoms with van der Waals surface area (Å²) in [5, 5.41) is 5.80. The Labute approximate surface area is 167 Å². The minimum atomic E-state index is -0.370. The van der Waals surface area contributed by atoms with Crippen molar-refractivity contribution in [1.29, 1.82) is 0 Å². The summed E-state index contributed by atoms with van der Waals surface area (Å²) < 4.78 is 6.17. The van der Waals surface area contributed by atoms with Crippen LogP contribution in [0, 0.1) is 0 Å². The van der Waals surface area contributed by atoms with Crippen molar-refractivity contribution < 1.29 is 14.3 Å². The molecule has 144 valence electrons. The van der Waals surface area contributed by atoms with Crippen molar-refractivity contribution in [2.45, 2.75) is 45.6 Å². The highest BCUT2D eigenvalue weighted by molar-refractivity contribution is 9.10. The zero-order chi connectivity index (χ0) is 19.6. The van der Waals surface area contributed by atoms with Gasteiger partial charge in [0.1, 0.15) is 18.0 Å². The molecule has 0 saturated heterocycles. The van der Waals surface area contributed by atoms with Crippen molar-refractivity contribution in [3.63, 3.8) is 0 Å². The van der Waals surface area contributed by atoms with E-state index in [1.807, 2.05) is 38.1 Å². The summed E-state index contributed by atoms with van der Waals surface area (Å²) in [5.74, 6) is 0.236. The quantitative estimate of drug-likeness (QED) is 0.566. The van der Waals surface area contributed by atoms with E-state index < -0.39 is 0 Å². The Balaban J connectivity index is 1.84. The molecule has 1 aromatic carbocycles. The van der Waals surface area contributed by atoms with Crippen molar-refractivity contribution >= 4 is 45.1 Å². The first-order chi connectivity index (χ1) is 13.0. The molecule has 1 heterocycles. The molecule has 0 aliphatic heterocycles. The van der Waals surface area contributed by atoms with Gasteiger partial charge >= 0.3 is 5.97 Å². The lowest BCUT2D eigenvalue weighted by atomic mass is 10.2. The van der Waals surface area contributed by atoms with Crippen LogP contribution in [0.5, 0.6) is 0 Å². The maximum absolute atomic E-state index is 12.0. The van der Waals surface area contributed by atoms with Crippen molar-refractivity contribution in [3.8, 4) is 0 Å². The van der Waals surface area contributed by atoms with Gasteiger partial charge in [0.25, 0.3) is 0 Å². The van der Waals surface area contributed by atoms with Crippen molar-refractivity contribution in [1.82, 2.24) is 9.97 Å². The van der Waals surface area contributed by atoms with E-state index in [0.717, 1.165) is 23.0 Å². The van der Waals surface area contributed by atoms with E-state index in [-0.39, 0.29) is 30.8 Å². The fourth-order valence-corrected chi connectivity index (χ4v) is 2.78. The Morgan fingerprint density at radius 3 is 2.70 bits per heavy atom. The molecule has 8 heteroatoms. The Morgan fingerprint density at radius 1 is 1.19 bits per heavy atom. The fourth-order valence-electron chi connectivity index (χ4n) is 2.38. The van der Waals surface area contributed by atoms with Crippen LogP contribution in [0.15, 0.2) is 41.1 Å². The number of rotatable bonds is 9. The fraction of sp³-hybridized carbons (Fsp3) is 0.368. The molecule has 27 heavy (non-hydrogen) atoms. The van der Waals surface area contributed by atoms with E-state index in [1.165, 1.54) is 6.33 Å². The van der Waals surface area contributed by atoms with Gasteiger partial charge in [0.15, 0.2) is 0 Å². The smallest absolute Gasteiger partial charge is 0.306 e. The van der Waals surface area contributed by atoms with Crippen molar-refractivity contribution in [2.75, 3.05) is 10.6 Å². The van der Waals surface area contributed by atoms with Crippen LogP contribution in [-0.4, -0.2) is 27.9 Å². The molecule has 0 fully saturated rings. The summed E-state index contributed by atoms with van der Waals surface area (Å²) in [7, 11) is 0. The second kappa shape index (κ2) is 10.6. The van der Waals surface area contributed by atoms with Gasteiger partial charge in [-0.15, -0.1) is 0 Å². The number of ether oxygens (including phenoxy) is 1. The van der Waals surface area contributed by atoms with Gasteiger partial charge in [-0.2, -0.15) is 0 Å². The van der Waals surface area contributed by atoms with Gasteiger partial charge in [-0.25, -0.2) is 9.97 Å². The summed E-state index contributed by atoms with van der Waals surface area (Å²) in [6.07, 6.45) is 3.06. The number of carbonyl (C=O) groups is 2. The lowest BCUT2D eigenvalue weighted by Crippen LogP contribution is -2.18. The Morgan fingerprint density at radius 2 is 1.96 bits per heavy atom. The highest BCUT2D eigenvalue weighted by Crippen LogP contribution is 2.20. The van der Waals surface area contributed by atoms with E-state index in [2.05, 4.69) is 36.5 Å². The van der Waals surface area contributed by atoms with E-state index in [1.54, 1.807) is 6.07 Å². The Bertz CT molecular complexity index is 785. The number of esters is 1. The highest BCUT2D eigenvalue weighted by atomic mass is 79.9. The molecule has 1 aromatic heterocycles. The van der Waals surface area contributed by atoms with Gasteiger partial charge in [-0.3, -0.25) is 9.59 Å². The zero-order valence-corrected chi connectivity index (χ0v) is 17.0. The van der Waals surface area contributed by atoms with Gasteiger partial charge in [0.05, 0.1) is 12.5 Å². The average molecular weight is 435 g/mol. The largest absolute Gasteiger partial charge is 0.463 e. The number of hydrogen-bond donors (Lipinski definition) is 2. The van der Waals surface area contributed by atoms with Gasteiger partial charge in [-0.05, 0) is 31.5 Å². The molecule has 0 bridgehead atoms. The lowest BCUT2D eigenvalue weighted by molar-refractivity contribution is -0.149. The van der Waals surface area contributed by atoms with Gasteiger partial charge in [0.2, 0.25) is 5.91 Å². The third-order valence-corrected chi connectivity index (χ3v) is 4.11. The molecule has 2 rings (SSSR count). The first-order valence-corrected chi connectivity index (χ1v) is 9.59. The number of nitrogens with one attached hydrogen (secondary N) is 2. The SMILES string of the molecule is CCCC(C)OC(=O)CCC(=O)Nc1cc(Nc2cccc(Br)c2)ncn1. The molecule has 0 aliphatic rings. The second-order valence-electron chi connectivity index (χ2n) is 6.06. The third kappa shape index (κ3) is 7.74. The first-order valence-electron chi connectivity index (χ1n) is 8.80. The number of hydrogen-bond acceptors (Lipinski definition) is 6. The summed E-state index contributed by atoms with van der Waals surface area (Å²) in [4.78, 5) is 31.9. The van der Waals surface area contributed by atoms with E-state index in [0.29, 0.717) is 11.6 Å². The van der Waals surface area contributed by atoms with Crippen molar-refractivity contribution in [2.24, 2.45) is 0 Å². The van der Waals surface area contributed by atoms with Crippen LogP contribution in [0.25, 0.3) is 0 Å². The minimum Gasteiger partial charge on any atom is -0.463 e. The number of benzene rings is 1. The van der Waals surface area contributed by atoms with Crippen molar-refractivity contribution in [3.05, 3.63) is 41.1 Å². The van der Waals surface area contributed by atoms with Crippen LogP contribution >= 0.6 is 15.9 Å². The van der Waals surface area contributed by atoms with E-state index >= 15 is 0 Å². The molecule has 1 atom stereocenters. The molecule has 1 unspecified atom stereocenters. The maximum atomic E-state index is 12.0. The highest BCUT2D eigenvalue weighted by Gasteiger charge is 2.12. The van der Waals surface area contributed by atoms with Crippen LogP contribution in [0.3, 0.4) is 0 Å². The van der Waals surface area contributed by atoms with Gasteiger partial charge in [0, 0.05) is 22.6 Å². The maximum Gasteiger partial charge on any atom is 0.306 e. The molecule has 0 aliphatic carbocycles. The molecular formula is C19H23BrN4O3. The molecule has 0 spiro atoms. The zero-order valence-electron chi connectivity index (χ0n) is 15.4. The predicted octanol–water partition coefficient (Wildman–Crippen LogP) is 4.43. The molecule has 7 nitrogen and oxygen atoms in total. The topological polar surface area (TPSA) is 93.2 Å². The summed E-state index contributed by atoms with van der Waals surface area (Å²) >= 11 is 3.41. The van der Waals surface area contributed by atoms with Gasteiger partial charge in [-0.1, -0.05) is 35.3 Å². The third-order valence-electron chi connectivity index (χ3n) is 3.62. The Hall–Kier alpha value is -2.48. The molecule has 1 amide bonds. The minimum absolute atomic E-state index is 0.0358. The summed E-state index contributed by atoms with van der Waals surface area (Å²) in [6.45, 7) is 3.88. The standard InChI is InChI=1S/C19H23BrN4O3/c1-3-5-13(2)27-19(26)9-8-18(25)24-17-11-16(21-12-22-17)23-15-7-4-6-14(20)10-15/h4,6-7,10-13H,3,5,8-9H2,1-2H3,(H2,21,22,23,24,25). The Kier molecular flexibility index (Phi) is 8.19. The van der Waals surface area contributed by atoms with Gasteiger partial charge < -0.3 is 15.4 Å². The second-order valence-corrected chi connectivity index (χ2v) is 6.98. The number of anilines is 3. The summed E-state index contributed by atoms with van der Waals surface area (Å²) in [5.41, 5.74) is 0.851. The van der Waals surface area contributed by atoms with Crippen LogP contribution in [0.2, 0.25) is 0 Å². The molecule has 0 saturated carbocycles. The lowest BCUT2D eigenvalue weighted by Gasteiger charge is -2.12. The number of aromatic nitrogens is 2. The van der Waals surface area contributed by atoms with Crippen LogP contribution < -0.4 is 10.6 Å². The number of halogens is 1. The number of amides is 1.